The van der Waals surface area contributed by atoms with E-state index in [1.165, 1.54) is 0 Å². The summed E-state index contributed by atoms with van der Waals surface area (Å²) < 4.78 is 0. The maximum Gasteiger partial charge on any atom is 0.0682 e. The molecule has 0 aliphatic carbocycles. The van der Waals surface area contributed by atoms with E-state index in [0.717, 1.165) is 0 Å². The Labute approximate surface area is 47.3 Å². The van der Waals surface area contributed by atoms with Gasteiger partial charge in [-0.25, -0.2) is 0 Å². The smallest absolute Gasteiger partial charge is 0.0682 e. The normalized spacial score (nSPS) is 13.1. The molecule has 0 aliphatic heterocycles. The molecule has 0 aromatic carbocycles. The predicted octanol–water partition coefficient (Wildman–Crippen LogP) is 2.44. The van der Waals surface area contributed by atoms with Gasteiger partial charge in [0.2, 0.25) is 0 Å². The number of hydrogen-bond donors (Lipinski definition) is 0. The summed E-state index contributed by atoms with van der Waals surface area (Å²) >= 11 is 0. The Morgan fingerprint density at radius 1 is 1.14 bits per heavy atom. The molecule has 7 heavy (non-hydrogen) atoms. The Morgan fingerprint density at radius 2 is 1.57 bits per heavy atom. The average Bonchev–Trinajstić information content (AvgIpc) is 1.30. The molecule has 0 radical (unpaired) electrons. The summed E-state index contributed by atoms with van der Waals surface area (Å²) in [6, 6.07) is 0. The van der Waals surface area contributed by atoms with Crippen molar-refractivity contribution in [2.24, 2.45) is 0 Å². The van der Waals surface area contributed by atoms with E-state index in [0.29, 0.717) is 0 Å². The SMILES string of the molecule is C/C=C\[Si](C)(C)C. The topological polar surface area (TPSA) is 0 Å². The van der Waals surface area contributed by atoms with Crippen LogP contribution in [0.5, 0.6) is 0 Å². The fraction of sp³-hybridized carbons (Fsp3) is 0.667. The second-order valence-electron chi connectivity index (χ2n) is 2.87. The summed E-state index contributed by atoms with van der Waals surface area (Å²) in [5, 5.41) is 0. The lowest BCUT2D eigenvalue weighted by Gasteiger charge is -2.06. The van der Waals surface area contributed by atoms with Crippen molar-refractivity contribution in [1.82, 2.24) is 0 Å². The molecule has 0 N–H and O–H groups in total. The lowest BCUT2D eigenvalue weighted by Crippen LogP contribution is -2.14. The Bertz CT molecular complexity index is 66.7. The van der Waals surface area contributed by atoms with Crippen LogP contribution in [0.25, 0.3) is 0 Å². The fourth-order valence-electron chi connectivity index (χ4n) is 0.500. The summed E-state index contributed by atoms with van der Waals surface area (Å²) in [5.74, 6) is 0. The summed E-state index contributed by atoms with van der Waals surface area (Å²) in [7, 11) is -0.838. The van der Waals surface area contributed by atoms with Gasteiger partial charge in [0.15, 0.2) is 0 Å². The molecule has 0 unspecified atom stereocenters. The third kappa shape index (κ3) is 5.96. The zero-order valence-corrected chi connectivity index (χ0v) is 6.65. The monoisotopic (exact) mass is 114 g/mol. The molecule has 0 fully saturated rings. The van der Waals surface area contributed by atoms with Gasteiger partial charge in [-0.1, -0.05) is 31.4 Å². The van der Waals surface area contributed by atoms with E-state index in [1.54, 1.807) is 0 Å². The van der Waals surface area contributed by atoms with E-state index >= 15 is 0 Å². The van der Waals surface area contributed by atoms with E-state index in [1.807, 2.05) is 0 Å². The molecular weight excluding hydrogens is 100 g/mol. The highest BCUT2D eigenvalue weighted by Gasteiger charge is 2.04. The highest BCUT2D eigenvalue weighted by molar-refractivity contribution is 6.80. The van der Waals surface area contributed by atoms with Crippen molar-refractivity contribution in [3.63, 3.8) is 0 Å². The van der Waals surface area contributed by atoms with Crippen LogP contribution in [0.1, 0.15) is 6.92 Å². The molecule has 0 aromatic rings. The number of hydrogen-bond acceptors (Lipinski definition) is 0. The molecule has 0 spiro atoms. The van der Waals surface area contributed by atoms with Crippen LogP contribution in [-0.4, -0.2) is 8.07 Å². The summed E-state index contributed by atoms with van der Waals surface area (Å²) in [6.45, 7) is 9.06. The summed E-state index contributed by atoms with van der Waals surface area (Å²) in [5.41, 5.74) is 2.33. The van der Waals surface area contributed by atoms with E-state index < -0.39 is 8.07 Å². The van der Waals surface area contributed by atoms with Crippen molar-refractivity contribution < 1.29 is 0 Å². The van der Waals surface area contributed by atoms with Gasteiger partial charge >= 0.3 is 0 Å². The second kappa shape index (κ2) is 2.31. The van der Waals surface area contributed by atoms with Gasteiger partial charge in [-0.05, 0) is 6.92 Å². The number of rotatable bonds is 1. The van der Waals surface area contributed by atoms with Crippen LogP contribution in [0.2, 0.25) is 19.6 Å². The predicted molar refractivity (Wildman–Crippen MR) is 38.2 cm³/mol. The van der Waals surface area contributed by atoms with Gasteiger partial charge in [-0.2, -0.15) is 0 Å². The van der Waals surface area contributed by atoms with Gasteiger partial charge in [0.25, 0.3) is 0 Å². The fourth-order valence-corrected chi connectivity index (χ4v) is 1.50. The lowest BCUT2D eigenvalue weighted by atomic mass is 10.8. The average molecular weight is 114 g/mol. The van der Waals surface area contributed by atoms with Crippen LogP contribution < -0.4 is 0 Å². The van der Waals surface area contributed by atoms with E-state index in [2.05, 4.69) is 38.3 Å². The Hall–Kier alpha value is -0.0431. The molecule has 0 atom stereocenters. The molecule has 0 amide bonds. The Morgan fingerprint density at radius 3 is 1.57 bits per heavy atom. The van der Waals surface area contributed by atoms with Gasteiger partial charge < -0.3 is 0 Å². The Balaban J connectivity index is 3.56. The molecule has 0 aromatic heterocycles. The first kappa shape index (κ1) is 6.96. The standard InChI is InChI=1S/C6H14Si/c1-5-6-7(2,3)4/h5-6H,1-4H3/b6-5-. The van der Waals surface area contributed by atoms with Crippen molar-refractivity contribution in [2.45, 2.75) is 26.6 Å². The molecule has 0 bridgehead atoms. The van der Waals surface area contributed by atoms with Crippen molar-refractivity contribution in [3.8, 4) is 0 Å². The van der Waals surface area contributed by atoms with Crippen molar-refractivity contribution in [3.05, 3.63) is 11.8 Å². The van der Waals surface area contributed by atoms with Crippen LogP contribution in [0.3, 0.4) is 0 Å². The van der Waals surface area contributed by atoms with E-state index in [-0.39, 0.29) is 0 Å². The van der Waals surface area contributed by atoms with Gasteiger partial charge in [0, 0.05) is 0 Å². The van der Waals surface area contributed by atoms with Gasteiger partial charge in [0.1, 0.15) is 0 Å². The minimum Gasteiger partial charge on any atom is -0.0992 e. The molecule has 0 heterocycles. The minimum absolute atomic E-state index is 0.838. The second-order valence-corrected chi connectivity index (χ2v) is 7.93. The Kier molecular flexibility index (Phi) is 2.30. The number of allylic oxidation sites excluding steroid dienone is 1. The molecular formula is C6H14Si. The van der Waals surface area contributed by atoms with Crippen LogP contribution >= 0.6 is 0 Å². The van der Waals surface area contributed by atoms with Gasteiger partial charge in [-0.3, -0.25) is 0 Å². The summed E-state index contributed by atoms with van der Waals surface area (Å²) in [4.78, 5) is 0. The third-order valence-corrected chi connectivity index (χ3v) is 2.00. The zero-order chi connectivity index (χ0) is 5.91. The van der Waals surface area contributed by atoms with Crippen LogP contribution in [0, 0.1) is 0 Å². The van der Waals surface area contributed by atoms with Gasteiger partial charge in [0.05, 0.1) is 8.07 Å². The molecule has 1 heteroatoms. The summed E-state index contributed by atoms with van der Waals surface area (Å²) in [6.07, 6.45) is 2.15. The van der Waals surface area contributed by atoms with Crippen molar-refractivity contribution in [1.29, 1.82) is 0 Å². The molecule has 0 rings (SSSR count). The zero-order valence-electron chi connectivity index (χ0n) is 5.65. The first-order valence-electron chi connectivity index (χ1n) is 2.70. The van der Waals surface area contributed by atoms with E-state index in [4.69, 9.17) is 0 Å². The first-order valence-corrected chi connectivity index (χ1v) is 6.28. The van der Waals surface area contributed by atoms with E-state index in [9.17, 15) is 0 Å². The van der Waals surface area contributed by atoms with Crippen molar-refractivity contribution in [2.75, 3.05) is 0 Å². The van der Waals surface area contributed by atoms with Gasteiger partial charge in [-0.15, -0.1) is 0 Å². The molecule has 0 saturated carbocycles. The quantitative estimate of drug-likeness (QED) is 0.459. The molecule has 0 aliphatic rings. The molecule has 42 valence electrons. The maximum absolute atomic E-state index is 2.33. The maximum atomic E-state index is 2.33. The third-order valence-electron chi connectivity index (χ3n) is 0.667. The van der Waals surface area contributed by atoms with Crippen LogP contribution in [0.4, 0.5) is 0 Å². The molecule has 0 saturated heterocycles. The largest absolute Gasteiger partial charge is 0.0992 e. The highest BCUT2D eigenvalue weighted by Crippen LogP contribution is 2.00. The molecule has 0 nitrogen and oxygen atoms in total. The lowest BCUT2D eigenvalue weighted by molar-refractivity contribution is 1.70. The van der Waals surface area contributed by atoms with Crippen LogP contribution in [-0.2, 0) is 0 Å². The van der Waals surface area contributed by atoms with Crippen LogP contribution in [0.15, 0.2) is 11.8 Å². The highest BCUT2D eigenvalue weighted by atomic mass is 28.3. The minimum atomic E-state index is -0.838. The van der Waals surface area contributed by atoms with Crippen molar-refractivity contribution >= 4 is 8.07 Å². The first-order chi connectivity index (χ1) is 3.06.